The van der Waals surface area contributed by atoms with Gasteiger partial charge in [0.1, 0.15) is 5.82 Å². The van der Waals surface area contributed by atoms with E-state index in [4.69, 9.17) is 0 Å². The topological polar surface area (TPSA) is 30.7 Å². The minimum atomic E-state index is -0.199. The molecule has 0 aliphatic rings. The highest BCUT2D eigenvalue weighted by atomic mass is 19.1. The Balaban J connectivity index is 1.87. The third-order valence-electron chi connectivity index (χ3n) is 4.43. The van der Waals surface area contributed by atoms with Gasteiger partial charge in [0.15, 0.2) is 0 Å². The molecular weight excluding hydrogens is 313 g/mol. The molecule has 0 bridgehead atoms. The van der Waals surface area contributed by atoms with Crippen molar-refractivity contribution in [1.29, 1.82) is 0 Å². The Morgan fingerprint density at radius 2 is 1.88 bits per heavy atom. The molecular formula is C21H18FN3. The zero-order valence-corrected chi connectivity index (χ0v) is 14.2. The van der Waals surface area contributed by atoms with Crippen molar-refractivity contribution in [2.24, 2.45) is 0 Å². The molecule has 0 N–H and O–H groups in total. The van der Waals surface area contributed by atoms with E-state index in [1.807, 2.05) is 28.9 Å². The van der Waals surface area contributed by atoms with Gasteiger partial charge in [-0.2, -0.15) is 5.10 Å². The number of pyridine rings is 1. The first-order valence-electron chi connectivity index (χ1n) is 8.35. The molecule has 0 amide bonds. The maximum Gasteiger partial charge on any atom is 0.126 e. The number of nitrogens with zero attached hydrogens (tertiary/aromatic N) is 3. The summed E-state index contributed by atoms with van der Waals surface area (Å²) in [4.78, 5) is 4.55. The van der Waals surface area contributed by atoms with Gasteiger partial charge in [0.05, 0.1) is 11.2 Å². The zero-order valence-electron chi connectivity index (χ0n) is 14.2. The molecule has 0 saturated heterocycles. The van der Waals surface area contributed by atoms with E-state index in [-0.39, 0.29) is 5.82 Å². The van der Waals surface area contributed by atoms with E-state index >= 15 is 0 Å². The molecule has 3 nitrogen and oxygen atoms in total. The van der Waals surface area contributed by atoms with Gasteiger partial charge in [0, 0.05) is 35.5 Å². The minimum Gasteiger partial charge on any atom is -0.272 e. The Kier molecular flexibility index (Phi) is 3.80. The molecule has 2 aromatic carbocycles. The zero-order chi connectivity index (χ0) is 17.4. The van der Waals surface area contributed by atoms with Gasteiger partial charge in [-0.05, 0) is 61.4 Å². The number of rotatable bonds is 3. The van der Waals surface area contributed by atoms with Crippen LogP contribution in [0.1, 0.15) is 12.5 Å². The number of hydrogen-bond acceptors (Lipinski definition) is 2. The predicted molar refractivity (Wildman–Crippen MR) is 98.8 cm³/mol. The van der Waals surface area contributed by atoms with Gasteiger partial charge in [-0.15, -0.1) is 0 Å². The maximum atomic E-state index is 13.6. The Hall–Kier alpha value is -3.01. The van der Waals surface area contributed by atoms with Gasteiger partial charge < -0.3 is 0 Å². The average Bonchev–Trinajstić information content (AvgIpc) is 3.06. The fourth-order valence-electron chi connectivity index (χ4n) is 3.07. The van der Waals surface area contributed by atoms with Crippen LogP contribution >= 0.6 is 0 Å². The summed E-state index contributed by atoms with van der Waals surface area (Å²) in [6.45, 7) is 4.69. The number of hydrogen-bond donors (Lipinski definition) is 0. The summed E-state index contributed by atoms with van der Waals surface area (Å²) in [6.07, 6.45) is 3.82. The van der Waals surface area contributed by atoms with Crippen LogP contribution in [-0.4, -0.2) is 14.8 Å². The van der Waals surface area contributed by atoms with Crippen molar-refractivity contribution >= 4 is 10.9 Å². The summed E-state index contributed by atoms with van der Waals surface area (Å²) >= 11 is 0. The molecule has 0 unspecified atom stereocenters. The fraction of sp³-hybridized carbons (Fsp3) is 0.143. The lowest BCUT2D eigenvalue weighted by Gasteiger charge is -2.10. The first-order valence-corrected chi connectivity index (χ1v) is 8.35. The standard InChI is InChI=1S/C21H18FN3/c1-3-25-13-17-12-15(7-9-20(17)24-25)18-5-4-10-23-21(18)16-6-8-19(22)14(2)11-16/h4-13H,3H2,1-2H3. The van der Waals surface area contributed by atoms with E-state index in [0.29, 0.717) is 5.56 Å². The Morgan fingerprint density at radius 3 is 2.68 bits per heavy atom. The fourth-order valence-corrected chi connectivity index (χ4v) is 3.07. The SMILES string of the molecule is CCn1cc2cc(-c3cccnc3-c3ccc(F)c(C)c3)ccc2n1. The van der Waals surface area contributed by atoms with E-state index in [2.05, 4.69) is 35.3 Å². The lowest BCUT2D eigenvalue weighted by Crippen LogP contribution is -1.92. The van der Waals surface area contributed by atoms with E-state index in [0.717, 1.165) is 39.8 Å². The number of fused-ring (bicyclic) bond motifs is 1. The maximum absolute atomic E-state index is 13.6. The molecule has 25 heavy (non-hydrogen) atoms. The molecule has 4 heteroatoms. The van der Waals surface area contributed by atoms with Crippen molar-refractivity contribution < 1.29 is 4.39 Å². The predicted octanol–water partition coefficient (Wildman–Crippen LogP) is 5.23. The normalized spacial score (nSPS) is 11.2. The first kappa shape index (κ1) is 15.5. The largest absolute Gasteiger partial charge is 0.272 e. The molecule has 0 spiro atoms. The van der Waals surface area contributed by atoms with Crippen LogP contribution in [0.4, 0.5) is 4.39 Å². The van der Waals surface area contributed by atoms with Crippen LogP contribution in [0, 0.1) is 12.7 Å². The number of aromatic nitrogens is 3. The van der Waals surface area contributed by atoms with E-state index < -0.39 is 0 Å². The lowest BCUT2D eigenvalue weighted by molar-refractivity contribution is 0.619. The summed E-state index contributed by atoms with van der Waals surface area (Å²) < 4.78 is 15.6. The molecule has 0 aliphatic heterocycles. The van der Waals surface area contributed by atoms with Gasteiger partial charge in [0.25, 0.3) is 0 Å². The second-order valence-corrected chi connectivity index (χ2v) is 6.12. The lowest BCUT2D eigenvalue weighted by atomic mass is 9.97. The van der Waals surface area contributed by atoms with Crippen molar-refractivity contribution in [2.45, 2.75) is 20.4 Å². The summed E-state index contributed by atoms with van der Waals surface area (Å²) in [5, 5.41) is 5.63. The van der Waals surface area contributed by atoms with E-state index in [1.54, 1.807) is 19.2 Å². The third kappa shape index (κ3) is 2.80. The third-order valence-corrected chi connectivity index (χ3v) is 4.43. The molecule has 0 aliphatic carbocycles. The summed E-state index contributed by atoms with van der Waals surface area (Å²) in [7, 11) is 0. The van der Waals surface area contributed by atoms with Gasteiger partial charge in [-0.1, -0.05) is 12.1 Å². The van der Waals surface area contributed by atoms with Crippen molar-refractivity contribution in [2.75, 3.05) is 0 Å². The van der Waals surface area contributed by atoms with Gasteiger partial charge in [-0.3, -0.25) is 9.67 Å². The number of halogens is 1. The summed E-state index contributed by atoms with van der Waals surface area (Å²) in [5.74, 6) is -0.199. The molecule has 0 radical (unpaired) electrons. The van der Waals surface area contributed by atoms with Crippen LogP contribution in [-0.2, 0) is 6.54 Å². The molecule has 2 heterocycles. The van der Waals surface area contributed by atoms with Gasteiger partial charge in [-0.25, -0.2) is 4.39 Å². The van der Waals surface area contributed by atoms with Gasteiger partial charge >= 0.3 is 0 Å². The van der Waals surface area contributed by atoms with Crippen LogP contribution in [0.25, 0.3) is 33.3 Å². The van der Waals surface area contributed by atoms with Crippen LogP contribution in [0.5, 0.6) is 0 Å². The molecule has 4 rings (SSSR count). The van der Waals surface area contributed by atoms with Crippen LogP contribution in [0.2, 0.25) is 0 Å². The molecule has 0 fully saturated rings. The van der Waals surface area contributed by atoms with Crippen molar-refractivity contribution in [1.82, 2.24) is 14.8 Å². The first-order chi connectivity index (χ1) is 12.2. The molecule has 0 saturated carbocycles. The van der Waals surface area contributed by atoms with Crippen molar-refractivity contribution in [3.8, 4) is 22.4 Å². The smallest absolute Gasteiger partial charge is 0.126 e. The minimum absolute atomic E-state index is 0.199. The second kappa shape index (κ2) is 6.13. The van der Waals surface area contributed by atoms with E-state index in [1.165, 1.54) is 6.07 Å². The second-order valence-electron chi connectivity index (χ2n) is 6.12. The molecule has 4 aromatic rings. The highest BCUT2D eigenvalue weighted by Crippen LogP contribution is 2.32. The number of aryl methyl sites for hydroxylation is 2. The van der Waals surface area contributed by atoms with Crippen LogP contribution < -0.4 is 0 Å². The Labute approximate surface area is 145 Å². The van der Waals surface area contributed by atoms with Crippen molar-refractivity contribution in [3.63, 3.8) is 0 Å². The van der Waals surface area contributed by atoms with E-state index in [9.17, 15) is 4.39 Å². The van der Waals surface area contributed by atoms with Crippen LogP contribution in [0.15, 0.2) is 60.9 Å². The monoisotopic (exact) mass is 331 g/mol. The average molecular weight is 331 g/mol. The quantitative estimate of drug-likeness (QED) is 0.514. The number of benzene rings is 2. The molecule has 0 atom stereocenters. The highest BCUT2D eigenvalue weighted by molar-refractivity contribution is 5.88. The Morgan fingerprint density at radius 1 is 1.04 bits per heavy atom. The van der Waals surface area contributed by atoms with Gasteiger partial charge in [0.2, 0.25) is 0 Å². The molecule has 124 valence electrons. The highest BCUT2D eigenvalue weighted by Gasteiger charge is 2.11. The van der Waals surface area contributed by atoms with Crippen LogP contribution in [0.3, 0.4) is 0 Å². The summed E-state index contributed by atoms with van der Waals surface area (Å²) in [6, 6.07) is 15.3. The Bertz CT molecular complexity index is 1070. The molecule has 2 aromatic heterocycles. The van der Waals surface area contributed by atoms with Crippen molar-refractivity contribution in [3.05, 3.63) is 72.3 Å². The summed E-state index contributed by atoms with van der Waals surface area (Å²) in [5.41, 5.74) is 5.47.